The summed E-state index contributed by atoms with van der Waals surface area (Å²) >= 11 is 0. The number of nitrogens with zero attached hydrogens (tertiary/aromatic N) is 3. The van der Waals surface area contributed by atoms with Gasteiger partial charge in [-0.3, -0.25) is 4.98 Å². The molecule has 0 aliphatic carbocycles. The fraction of sp³-hybridized carbons (Fsp3) is 0.154. The van der Waals surface area contributed by atoms with Crippen molar-refractivity contribution in [2.75, 3.05) is 17.2 Å². The second kappa shape index (κ2) is 6.34. The Morgan fingerprint density at radius 1 is 1.11 bits per heavy atom. The van der Waals surface area contributed by atoms with Gasteiger partial charge in [-0.25, -0.2) is 4.98 Å². The molecule has 0 saturated heterocycles. The van der Waals surface area contributed by atoms with Crippen LogP contribution in [0.1, 0.15) is 5.69 Å². The predicted molar refractivity (Wildman–Crippen MR) is 72.3 cm³/mol. The zero-order valence-electron chi connectivity index (χ0n) is 10.0. The van der Waals surface area contributed by atoms with Crippen LogP contribution < -0.4 is 10.6 Å². The van der Waals surface area contributed by atoms with Gasteiger partial charge in [-0.15, -0.1) is 6.58 Å². The lowest BCUT2D eigenvalue weighted by Crippen LogP contribution is -2.07. The Bertz CT molecular complexity index is 498. The summed E-state index contributed by atoms with van der Waals surface area (Å²) in [6.45, 7) is 4.92. The first-order valence-electron chi connectivity index (χ1n) is 5.70. The van der Waals surface area contributed by atoms with Crippen molar-refractivity contribution >= 4 is 11.8 Å². The number of aromatic nitrogens is 3. The zero-order valence-corrected chi connectivity index (χ0v) is 10.0. The van der Waals surface area contributed by atoms with Crippen LogP contribution in [0.4, 0.5) is 11.8 Å². The van der Waals surface area contributed by atoms with Crippen LogP contribution in [0.2, 0.25) is 0 Å². The molecule has 92 valence electrons. The monoisotopic (exact) mass is 241 g/mol. The molecule has 0 saturated carbocycles. The molecule has 0 amide bonds. The van der Waals surface area contributed by atoms with E-state index >= 15 is 0 Å². The number of nitrogens with one attached hydrogen (secondary N) is 2. The molecule has 2 aromatic heterocycles. The minimum absolute atomic E-state index is 0.578. The Labute approximate surface area is 106 Å². The van der Waals surface area contributed by atoms with Crippen LogP contribution in [0.5, 0.6) is 0 Å². The Morgan fingerprint density at radius 3 is 2.83 bits per heavy atom. The van der Waals surface area contributed by atoms with Gasteiger partial charge in [0.1, 0.15) is 5.82 Å². The fourth-order valence-corrected chi connectivity index (χ4v) is 1.39. The molecular formula is C13H15N5. The second-order valence-corrected chi connectivity index (χ2v) is 3.61. The van der Waals surface area contributed by atoms with Crippen LogP contribution in [0.3, 0.4) is 0 Å². The first kappa shape index (κ1) is 12.0. The van der Waals surface area contributed by atoms with Gasteiger partial charge in [0.05, 0.1) is 12.2 Å². The molecule has 5 nitrogen and oxygen atoms in total. The molecular weight excluding hydrogens is 226 g/mol. The summed E-state index contributed by atoms with van der Waals surface area (Å²) in [5.74, 6) is 1.35. The summed E-state index contributed by atoms with van der Waals surface area (Å²) in [6, 6.07) is 7.61. The molecule has 0 unspecified atom stereocenters. The molecule has 0 atom stereocenters. The van der Waals surface area contributed by atoms with E-state index in [1.54, 1.807) is 18.5 Å². The largest absolute Gasteiger partial charge is 0.366 e. The second-order valence-electron chi connectivity index (χ2n) is 3.61. The van der Waals surface area contributed by atoms with Crippen molar-refractivity contribution in [2.45, 2.75) is 6.54 Å². The van der Waals surface area contributed by atoms with E-state index in [0.717, 1.165) is 11.5 Å². The molecule has 2 rings (SSSR count). The number of anilines is 2. The molecule has 0 aromatic carbocycles. The molecule has 2 N–H and O–H groups in total. The van der Waals surface area contributed by atoms with E-state index in [1.165, 1.54) is 0 Å². The molecule has 0 aliphatic rings. The van der Waals surface area contributed by atoms with Gasteiger partial charge in [-0.05, 0) is 18.2 Å². The first-order valence-corrected chi connectivity index (χ1v) is 5.70. The summed E-state index contributed by atoms with van der Waals surface area (Å²) < 4.78 is 0. The molecule has 0 spiro atoms. The maximum Gasteiger partial charge on any atom is 0.224 e. The molecule has 0 bridgehead atoms. The Balaban J connectivity index is 1.95. The summed E-state index contributed by atoms with van der Waals surface area (Å²) in [5.41, 5.74) is 0.950. The maximum absolute atomic E-state index is 4.32. The normalized spacial score (nSPS) is 9.78. The molecule has 2 aromatic rings. The van der Waals surface area contributed by atoms with Gasteiger partial charge in [-0.2, -0.15) is 4.98 Å². The van der Waals surface area contributed by atoms with Gasteiger partial charge in [0, 0.05) is 18.9 Å². The van der Waals surface area contributed by atoms with E-state index < -0.39 is 0 Å². The third-order valence-electron chi connectivity index (χ3n) is 2.24. The third-order valence-corrected chi connectivity index (χ3v) is 2.24. The molecule has 0 fully saturated rings. The fourth-order valence-electron chi connectivity index (χ4n) is 1.39. The van der Waals surface area contributed by atoms with E-state index in [2.05, 4.69) is 32.2 Å². The molecule has 0 radical (unpaired) electrons. The molecule has 18 heavy (non-hydrogen) atoms. The quantitative estimate of drug-likeness (QED) is 0.758. The van der Waals surface area contributed by atoms with Gasteiger partial charge in [-0.1, -0.05) is 12.1 Å². The van der Waals surface area contributed by atoms with Crippen molar-refractivity contribution in [2.24, 2.45) is 0 Å². The highest BCUT2D eigenvalue weighted by Crippen LogP contribution is 2.06. The van der Waals surface area contributed by atoms with Crippen molar-refractivity contribution in [3.8, 4) is 0 Å². The van der Waals surface area contributed by atoms with E-state index in [9.17, 15) is 0 Å². The van der Waals surface area contributed by atoms with E-state index in [0.29, 0.717) is 19.0 Å². The standard InChI is InChI=1S/C13H15N5/c1-2-7-15-12-6-9-16-13(18-12)17-10-11-5-3-4-8-14-11/h2-6,8-9H,1,7,10H2,(H2,15,16,17,18). The number of hydrogen-bond acceptors (Lipinski definition) is 5. The summed E-state index contributed by atoms with van der Waals surface area (Å²) in [6.07, 6.45) is 5.25. The van der Waals surface area contributed by atoms with Gasteiger partial charge < -0.3 is 10.6 Å². The SMILES string of the molecule is C=CCNc1ccnc(NCc2ccccn2)n1. The Hall–Kier alpha value is -2.43. The molecule has 2 heterocycles. The topological polar surface area (TPSA) is 62.7 Å². The van der Waals surface area contributed by atoms with Crippen molar-refractivity contribution < 1.29 is 0 Å². The van der Waals surface area contributed by atoms with Gasteiger partial charge in [0.15, 0.2) is 0 Å². The zero-order chi connectivity index (χ0) is 12.6. The third kappa shape index (κ3) is 3.55. The smallest absolute Gasteiger partial charge is 0.224 e. The van der Waals surface area contributed by atoms with Crippen molar-refractivity contribution in [1.82, 2.24) is 15.0 Å². The van der Waals surface area contributed by atoms with Crippen molar-refractivity contribution in [3.05, 3.63) is 55.0 Å². The van der Waals surface area contributed by atoms with Crippen LogP contribution in [-0.2, 0) is 6.54 Å². The lowest BCUT2D eigenvalue weighted by atomic mass is 10.3. The molecule has 0 aliphatic heterocycles. The van der Waals surface area contributed by atoms with Gasteiger partial charge in [0.25, 0.3) is 0 Å². The van der Waals surface area contributed by atoms with Crippen molar-refractivity contribution in [3.63, 3.8) is 0 Å². The lowest BCUT2D eigenvalue weighted by molar-refractivity contribution is 1.00. The van der Waals surface area contributed by atoms with Gasteiger partial charge in [0.2, 0.25) is 5.95 Å². The Kier molecular flexibility index (Phi) is 4.24. The Morgan fingerprint density at radius 2 is 2.06 bits per heavy atom. The maximum atomic E-state index is 4.32. The molecule has 5 heteroatoms. The predicted octanol–water partition coefficient (Wildman–Crippen LogP) is 2.08. The van der Waals surface area contributed by atoms with Gasteiger partial charge >= 0.3 is 0 Å². The summed E-state index contributed by atoms with van der Waals surface area (Å²) in [5, 5.41) is 6.24. The number of hydrogen-bond donors (Lipinski definition) is 2. The van der Waals surface area contributed by atoms with Crippen LogP contribution in [0, 0.1) is 0 Å². The van der Waals surface area contributed by atoms with Crippen LogP contribution in [0.15, 0.2) is 49.3 Å². The highest BCUT2D eigenvalue weighted by atomic mass is 15.1. The highest BCUT2D eigenvalue weighted by molar-refractivity contribution is 5.40. The van der Waals surface area contributed by atoms with E-state index in [-0.39, 0.29) is 0 Å². The first-order chi connectivity index (χ1) is 8.88. The summed E-state index contributed by atoms with van der Waals surface area (Å²) in [4.78, 5) is 12.7. The minimum Gasteiger partial charge on any atom is -0.366 e. The highest BCUT2D eigenvalue weighted by Gasteiger charge is 1.98. The van der Waals surface area contributed by atoms with E-state index in [1.807, 2.05) is 24.3 Å². The summed E-state index contributed by atoms with van der Waals surface area (Å²) in [7, 11) is 0. The van der Waals surface area contributed by atoms with Crippen LogP contribution >= 0.6 is 0 Å². The lowest BCUT2D eigenvalue weighted by Gasteiger charge is -2.06. The van der Waals surface area contributed by atoms with Crippen molar-refractivity contribution in [1.29, 1.82) is 0 Å². The minimum atomic E-state index is 0.578. The van der Waals surface area contributed by atoms with E-state index in [4.69, 9.17) is 0 Å². The van der Waals surface area contributed by atoms with Crippen LogP contribution in [0.25, 0.3) is 0 Å². The number of rotatable bonds is 6. The average Bonchev–Trinajstić information content (AvgIpc) is 2.44. The average molecular weight is 241 g/mol. The number of pyridine rings is 1. The van der Waals surface area contributed by atoms with Crippen LogP contribution in [-0.4, -0.2) is 21.5 Å².